The van der Waals surface area contributed by atoms with Gasteiger partial charge in [-0.05, 0) is 49.7 Å². The lowest BCUT2D eigenvalue weighted by Crippen LogP contribution is -2.31. The molecule has 18 heavy (non-hydrogen) atoms. The predicted octanol–water partition coefficient (Wildman–Crippen LogP) is 3.91. The standard InChI is InChI=1S/C14H22BrClN2/c1-10(2)14(17)6-7-18(3)9-11-8-12(16)4-5-13(11)15/h4-5,8,10,14H,6-7,9,17H2,1-3H3. The van der Waals surface area contributed by atoms with Crippen molar-refractivity contribution in [2.75, 3.05) is 13.6 Å². The molecule has 1 rings (SSSR count). The number of benzene rings is 1. The Labute approximate surface area is 124 Å². The molecular formula is C14H22BrClN2. The zero-order valence-electron chi connectivity index (χ0n) is 11.3. The van der Waals surface area contributed by atoms with E-state index in [-0.39, 0.29) is 6.04 Å². The van der Waals surface area contributed by atoms with Gasteiger partial charge < -0.3 is 10.6 Å². The van der Waals surface area contributed by atoms with Gasteiger partial charge in [0.05, 0.1) is 0 Å². The number of halogens is 2. The topological polar surface area (TPSA) is 29.3 Å². The molecule has 0 spiro atoms. The van der Waals surface area contributed by atoms with Gasteiger partial charge in [0.2, 0.25) is 0 Å². The summed E-state index contributed by atoms with van der Waals surface area (Å²) in [5.41, 5.74) is 7.27. The second-order valence-electron chi connectivity index (χ2n) is 5.17. The lowest BCUT2D eigenvalue weighted by molar-refractivity contribution is 0.296. The molecule has 4 heteroatoms. The van der Waals surface area contributed by atoms with Gasteiger partial charge in [-0.25, -0.2) is 0 Å². The molecule has 2 nitrogen and oxygen atoms in total. The van der Waals surface area contributed by atoms with E-state index in [4.69, 9.17) is 17.3 Å². The van der Waals surface area contributed by atoms with Crippen LogP contribution in [0.15, 0.2) is 22.7 Å². The average molecular weight is 334 g/mol. The molecular weight excluding hydrogens is 312 g/mol. The summed E-state index contributed by atoms with van der Waals surface area (Å²) in [4.78, 5) is 2.28. The zero-order chi connectivity index (χ0) is 13.7. The first-order chi connectivity index (χ1) is 8.40. The summed E-state index contributed by atoms with van der Waals surface area (Å²) in [6.45, 7) is 6.21. The van der Waals surface area contributed by atoms with Crippen LogP contribution in [0.25, 0.3) is 0 Å². The van der Waals surface area contributed by atoms with Crippen LogP contribution in [0.4, 0.5) is 0 Å². The monoisotopic (exact) mass is 332 g/mol. The molecule has 0 radical (unpaired) electrons. The Balaban J connectivity index is 2.49. The first-order valence-corrected chi connectivity index (χ1v) is 7.45. The highest BCUT2D eigenvalue weighted by atomic mass is 79.9. The van der Waals surface area contributed by atoms with Gasteiger partial charge in [-0.1, -0.05) is 41.4 Å². The van der Waals surface area contributed by atoms with Crippen molar-refractivity contribution in [3.05, 3.63) is 33.3 Å². The summed E-state index contributed by atoms with van der Waals surface area (Å²) in [6, 6.07) is 6.16. The van der Waals surface area contributed by atoms with Crippen molar-refractivity contribution in [2.24, 2.45) is 11.7 Å². The third kappa shape index (κ3) is 5.27. The highest BCUT2D eigenvalue weighted by Gasteiger charge is 2.10. The molecule has 102 valence electrons. The molecule has 1 aromatic rings. The number of nitrogens with zero attached hydrogens (tertiary/aromatic N) is 1. The first-order valence-electron chi connectivity index (χ1n) is 6.28. The van der Waals surface area contributed by atoms with Crippen LogP contribution >= 0.6 is 27.5 Å². The van der Waals surface area contributed by atoms with Crippen LogP contribution in [0.1, 0.15) is 25.8 Å². The van der Waals surface area contributed by atoms with Crippen molar-refractivity contribution in [3.63, 3.8) is 0 Å². The van der Waals surface area contributed by atoms with Crippen molar-refractivity contribution < 1.29 is 0 Å². The Morgan fingerprint density at radius 2 is 2.06 bits per heavy atom. The molecule has 0 saturated heterocycles. The van der Waals surface area contributed by atoms with Crippen molar-refractivity contribution in [1.82, 2.24) is 4.90 Å². The van der Waals surface area contributed by atoms with E-state index in [1.54, 1.807) is 0 Å². The van der Waals surface area contributed by atoms with Gasteiger partial charge in [0.25, 0.3) is 0 Å². The van der Waals surface area contributed by atoms with Gasteiger partial charge in [0.1, 0.15) is 0 Å². The van der Waals surface area contributed by atoms with Crippen molar-refractivity contribution in [1.29, 1.82) is 0 Å². The lowest BCUT2D eigenvalue weighted by atomic mass is 10.0. The third-order valence-electron chi connectivity index (χ3n) is 3.15. The molecule has 0 bridgehead atoms. The average Bonchev–Trinajstić information content (AvgIpc) is 2.30. The maximum absolute atomic E-state index is 6.06. The minimum atomic E-state index is 0.273. The Kier molecular flexibility index (Phi) is 6.64. The molecule has 0 aromatic heterocycles. The summed E-state index contributed by atoms with van der Waals surface area (Å²) in [5.74, 6) is 0.538. The van der Waals surface area contributed by atoms with Gasteiger partial charge in [-0.3, -0.25) is 0 Å². The predicted molar refractivity (Wildman–Crippen MR) is 82.9 cm³/mol. The van der Waals surface area contributed by atoms with Gasteiger partial charge in [0.15, 0.2) is 0 Å². The Hall–Kier alpha value is -0.0900. The number of nitrogens with two attached hydrogens (primary N) is 1. The summed E-state index contributed by atoms with van der Waals surface area (Å²) in [7, 11) is 2.11. The van der Waals surface area contributed by atoms with E-state index in [0.29, 0.717) is 5.92 Å². The maximum atomic E-state index is 6.06. The molecule has 0 fully saturated rings. The molecule has 1 atom stereocenters. The largest absolute Gasteiger partial charge is 0.327 e. The van der Waals surface area contributed by atoms with Crippen LogP contribution in [-0.2, 0) is 6.54 Å². The molecule has 0 saturated carbocycles. The SMILES string of the molecule is CC(C)C(N)CCN(C)Cc1cc(Cl)ccc1Br. The van der Waals surface area contributed by atoms with Crippen LogP contribution in [0.2, 0.25) is 5.02 Å². The molecule has 1 unspecified atom stereocenters. The van der Waals surface area contributed by atoms with E-state index >= 15 is 0 Å². The molecule has 0 amide bonds. The van der Waals surface area contributed by atoms with Gasteiger partial charge >= 0.3 is 0 Å². The third-order valence-corrected chi connectivity index (χ3v) is 4.16. The van der Waals surface area contributed by atoms with Crippen LogP contribution < -0.4 is 5.73 Å². The minimum Gasteiger partial charge on any atom is -0.327 e. The van der Waals surface area contributed by atoms with E-state index < -0.39 is 0 Å². The van der Waals surface area contributed by atoms with Gasteiger partial charge in [-0.2, -0.15) is 0 Å². The lowest BCUT2D eigenvalue weighted by Gasteiger charge is -2.21. The number of hydrogen-bond donors (Lipinski definition) is 1. The molecule has 0 aliphatic heterocycles. The fourth-order valence-electron chi connectivity index (χ4n) is 1.74. The van der Waals surface area contributed by atoms with Crippen LogP contribution in [0.5, 0.6) is 0 Å². The molecule has 1 aromatic carbocycles. The summed E-state index contributed by atoms with van der Waals surface area (Å²) >= 11 is 9.56. The summed E-state index contributed by atoms with van der Waals surface area (Å²) < 4.78 is 1.10. The van der Waals surface area contributed by atoms with Gasteiger partial charge in [0, 0.05) is 22.1 Å². The molecule has 0 aliphatic carbocycles. The van der Waals surface area contributed by atoms with E-state index in [1.165, 1.54) is 5.56 Å². The van der Waals surface area contributed by atoms with Crippen LogP contribution in [0.3, 0.4) is 0 Å². The Bertz CT molecular complexity index is 382. The Morgan fingerprint density at radius 3 is 2.67 bits per heavy atom. The normalized spacial score (nSPS) is 13.3. The minimum absolute atomic E-state index is 0.273. The maximum Gasteiger partial charge on any atom is 0.0410 e. The van der Waals surface area contributed by atoms with Crippen molar-refractivity contribution in [2.45, 2.75) is 32.9 Å². The van der Waals surface area contributed by atoms with E-state index in [1.807, 2.05) is 18.2 Å². The van der Waals surface area contributed by atoms with E-state index in [2.05, 4.69) is 41.7 Å². The molecule has 0 heterocycles. The second kappa shape index (κ2) is 7.49. The fraction of sp³-hybridized carbons (Fsp3) is 0.571. The number of hydrogen-bond acceptors (Lipinski definition) is 2. The quantitative estimate of drug-likeness (QED) is 0.855. The van der Waals surface area contributed by atoms with Gasteiger partial charge in [-0.15, -0.1) is 0 Å². The first kappa shape index (κ1) is 16.0. The van der Waals surface area contributed by atoms with E-state index in [9.17, 15) is 0 Å². The smallest absolute Gasteiger partial charge is 0.0410 e. The highest BCUT2D eigenvalue weighted by Crippen LogP contribution is 2.22. The van der Waals surface area contributed by atoms with Crippen LogP contribution in [-0.4, -0.2) is 24.5 Å². The fourth-order valence-corrected chi connectivity index (χ4v) is 2.30. The highest BCUT2D eigenvalue weighted by molar-refractivity contribution is 9.10. The second-order valence-corrected chi connectivity index (χ2v) is 6.46. The zero-order valence-corrected chi connectivity index (χ0v) is 13.6. The van der Waals surface area contributed by atoms with Crippen molar-refractivity contribution in [3.8, 4) is 0 Å². The molecule has 2 N–H and O–H groups in total. The van der Waals surface area contributed by atoms with Crippen molar-refractivity contribution >= 4 is 27.5 Å². The van der Waals surface area contributed by atoms with Crippen LogP contribution in [0, 0.1) is 5.92 Å². The summed E-state index contributed by atoms with van der Waals surface area (Å²) in [6.07, 6.45) is 1.02. The molecule has 0 aliphatic rings. The van der Waals surface area contributed by atoms with E-state index in [0.717, 1.165) is 29.0 Å². The summed E-state index contributed by atoms with van der Waals surface area (Å²) in [5, 5.41) is 0.778. The Morgan fingerprint density at radius 1 is 1.39 bits per heavy atom. The number of rotatable bonds is 6.